The van der Waals surface area contributed by atoms with E-state index in [-0.39, 0.29) is 0 Å². The summed E-state index contributed by atoms with van der Waals surface area (Å²) < 4.78 is 18.3. The number of pyridine rings is 1. The molecule has 0 radical (unpaired) electrons. The standard InChI is InChI=1S/C24H31N5O4/c1-24(2,3)33-23(30)28-21-8-6-7-18(27-21)15-32-10-9-16-11-19(17-13-26-29(4)14-17)22(31-5)20(25)12-16/h6-8,11-14H,9-10,15,25H2,1-5H3,(H,27,28,30). The van der Waals surface area contributed by atoms with E-state index in [0.717, 1.165) is 16.7 Å². The third-order valence-electron chi connectivity index (χ3n) is 4.62. The zero-order chi connectivity index (χ0) is 24.0. The minimum atomic E-state index is -0.577. The normalized spacial score (nSPS) is 11.3. The molecule has 9 heteroatoms. The van der Waals surface area contributed by atoms with Gasteiger partial charge in [0.25, 0.3) is 0 Å². The van der Waals surface area contributed by atoms with E-state index in [1.807, 2.05) is 37.5 Å². The molecule has 176 valence electrons. The fourth-order valence-corrected chi connectivity index (χ4v) is 3.26. The molecular formula is C24H31N5O4. The van der Waals surface area contributed by atoms with Crippen molar-refractivity contribution >= 4 is 17.6 Å². The molecule has 33 heavy (non-hydrogen) atoms. The van der Waals surface area contributed by atoms with Gasteiger partial charge in [0.1, 0.15) is 17.2 Å². The first-order chi connectivity index (χ1) is 15.6. The SMILES string of the molecule is COc1c(N)cc(CCOCc2cccc(NC(=O)OC(C)(C)C)n2)cc1-c1cnn(C)c1. The number of anilines is 2. The van der Waals surface area contributed by atoms with Gasteiger partial charge in [0.05, 0.1) is 37.9 Å². The molecule has 3 aromatic rings. The van der Waals surface area contributed by atoms with E-state index in [0.29, 0.717) is 42.6 Å². The van der Waals surface area contributed by atoms with Crippen LogP contribution in [0.4, 0.5) is 16.3 Å². The molecule has 0 fully saturated rings. The Morgan fingerprint density at radius 1 is 1.24 bits per heavy atom. The molecule has 3 rings (SSSR count). The van der Waals surface area contributed by atoms with Gasteiger partial charge >= 0.3 is 6.09 Å². The lowest BCUT2D eigenvalue weighted by Gasteiger charge is -2.19. The Morgan fingerprint density at radius 2 is 2.03 bits per heavy atom. The van der Waals surface area contributed by atoms with Crippen molar-refractivity contribution < 1.29 is 19.0 Å². The van der Waals surface area contributed by atoms with E-state index < -0.39 is 11.7 Å². The third kappa shape index (κ3) is 6.95. The van der Waals surface area contributed by atoms with Gasteiger partial charge in [-0.1, -0.05) is 6.07 Å². The first-order valence-corrected chi connectivity index (χ1v) is 10.6. The number of benzene rings is 1. The van der Waals surface area contributed by atoms with Gasteiger partial charge in [0.2, 0.25) is 0 Å². The number of carbonyl (C=O) groups is 1. The number of methoxy groups -OCH3 is 1. The van der Waals surface area contributed by atoms with Crippen molar-refractivity contribution in [3.63, 3.8) is 0 Å². The molecule has 0 saturated heterocycles. The number of ether oxygens (including phenoxy) is 3. The van der Waals surface area contributed by atoms with Crippen LogP contribution in [0.3, 0.4) is 0 Å². The lowest BCUT2D eigenvalue weighted by atomic mass is 10.0. The number of hydrogen-bond donors (Lipinski definition) is 2. The van der Waals surface area contributed by atoms with Crippen molar-refractivity contribution in [2.24, 2.45) is 7.05 Å². The molecular weight excluding hydrogens is 422 g/mol. The highest BCUT2D eigenvalue weighted by molar-refractivity contribution is 5.83. The van der Waals surface area contributed by atoms with Crippen LogP contribution in [0.15, 0.2) is 42.7 Å². The van der Waals surface area contributed by atoms with Crippen molar-refractivity contribution in [3.05, 3.63) is 54.0 Å². The van der Waals surface area contributed by atoms with Crippen LogP contribution in [0, 0.1) is 0 Å². The highest BCUT2D eigenvalue weighted by Crippen LogP contribution is 2.36. The maximum absolute atomic E-state index is 11.9. The first kappa shape index (κ1) is 24.1. The lowest BCUT2D eigenvalue weighted by Crippen LogP contribution is -2.27. The van der Waals surface area contributed by atoms with Crippen LogP contribution in [0.5, 0.6) is 5.75 Å². The topological polar surface area (TPSA) is 114 Å². The number of aromatic nitrogens is 3. The van der Waals surface area contributed by atoms with Crippen LogP contribution in [0.2, 0.25) is 0 Å². The Bertz CT molecular complexity index is 1100. The molecule has 0 unspecified atom stereocenters. The number of nitrogen functional groups attached to an aromatic ring is 1. The number of rotatable bonds is 8. The van der Waals surface area contributed by atoms with Crippen molar-refractivity contribution in [1.29, 1.82) is 0 Å². The van der Waals surface area contributed by atoms with Gasteiger partial charge in [-0.2, -0.15) is 5.10 Å². The summed E-state index contributed by atoms with van der Waals surface area (Å²) in [5.74, 6) is 1.04. The van der Waals surface area contributed by atoms with Crippen molar-refractivity contribution in [2.45, 2.75) is 39.4 Å². The summed E-state index contributed by atoms with van der Waals surface area (Å²) in [4.78, 5) is 16.3. The van der Waals surface area contributed by atoms with Crippen molar-refractivity contribution in [1.82, 2.24) is 14.8 Å². The molecule has 3 N–H and O–H groups in total. The maximum atomic E-state index is 11.9. The zero-order valence-corrected chi connectivity index (χ0v) is 19.7. The average Bonchev–Trinajstić information content (AvgIpc) is 3.16. The van der Waals surface area contributed by atoms with Gasteiger partial charge in [-0.25, -0.2) is 9.78 Å². The molecule has 0 bridgehead atoms. The molecule has 2 heterocycles. The van der Waals surface area contributed by atoms with E-state index in [1.54, 1.807) is 44.8 Å². The Kier molecular flexibility index (Phi) is 7.55. The third-order valence-corrected chi connectivity index (χ3v) is 4.62. The smallest absolute Gasteiger partial charge is 0.413 e. The van der Waals surface area contributed by atoms with Crippen LogP contribution >= 0.6 is 0 Å². The summed E-state index contributed by atoms with van der Waals surface area (Å²) >= 11 is 0. The Labute approximate surface area is 193 Å². The number of nitrogens with zero attached hydrogens (tertiary/aromatic N) is 3. The number of nitrogens with two attached hydrogens (primary N) is 1. The monoisotopic (exact) mass is 453 g/mol. The zero-order valence-electron chi connectivity index (χ0n) is 19.7. The highest BCUT2D eigenvalue weighted by Gasteiger charge is 2.17. The number of amides is 1. The van der Waals surface area contributed by atoms with Gasteiger partial charge in [-0.05, 0) is 57.0 Å². The van der Waals surface area contributed by atoms with E-state index >= 15 is 0 Å². The lowest BCUT2D eigenvalue weighted by molar-refractivity contribution is 0.0635. The van der Waals surface area contributed by atoms with Gasteiger partial charge in [0.15, 0.2) is 0 Å². The average molecular weight is 454 g/mol. The van der Waals surface area contributed by atoms with E-state index in [9.17, 15) is 4.79 Å². The molecule has 0 aliphatic carbocycles. The number of carbonyl (C=O) groups excluding carboxylic acids is 1. The fraction of sp³-hybridized carbons (Fsp3) is 0.375. The number of aryl methyl sites for hydroxylation is 1. The second-order valence-corrected chi connectivity index (χ2v) is 8.61. The van der Waals surface area contributed by atoms with Crippen LogP contribution < -0.4 is 15.8 Å². The Hall–Kier alpha value is -3.59. The van der Waals surface area contributed by atoms with Crippen molar-refractivity contribution in [2.75, 3.05) is 24.8 Å². The quantitative estimate of drug-likeness (QED) is 0.388. The first-order valence-electron chi connectivity index (χ1n) is 10.6. The predicted molar refractivity (Wildman–Crippen MR) is 127 cm³/mol. The molecule has 0 atom stereocenters. The summed E-state index contributed by atoms with van der Waals surface area (Å²) in [6, 6.07) is 9.29. The molecule has 0 saturated carbocycles. The summed E-state index contributed by atoms with van der Waals surface area (Å²) in [7, 11) is 3.47. The number of hydrogen-bond acceptors (Lipinski definition) is 7. The van der Waals surface area contributed by atoms with Gasteiger partial charge in [-0.3, -0.25) is 10.00 Å². The van der Waals surface area contributed by atoms with Crippen LogP contribution in [0.1, 0.15) is 32.0 Å². The predicted octanol–water partition coefficient (Wildman–Crippen LogP) is 4.18. The molecule has 0 aliphatic rings. The molecule has 2 aromatic heterocycles. The summed E-state index contributed by atoms with van der Waals surface area (Å²) in [6.45, 7) is 6.20. The number of nitrogens with one attached hydrogen (secondary N) is 1. The van der Waals surface area contributed by atoms with Crippen LogP contribution in [-0.2, 0) is 29.5 Å². The van der Waals surface area contributed by atoms with E-state index in [2.05, 4.69) is 15.4 Å². The largest absolute Gasteiger partial charge is 0.494 e. The van der Waals surface area contributed by atoms with Crippen LogP contribution in [0.25, 0.3) is 11.1 Å². The highest BCUT2D eigenvalue weighted by atomic mass is 16.6. The summed E-state index contributed by atoms with van der Waals surface area (Å²) in [5, 5.41) is 6.87. The van der Waals surface area contributed by atoms with Crippen LogP contribution in [-0.4, -0.2) is 40.2 Å². The summed E-state index contributed by atoms with van der Waals surface area (Å²) in [5.41, 5.74) is 9.76. The summed E-state index contributed by atoms with van der Waals surface area (Å²) in [6.07, 6.45) is 3.81. The molecule has 0 aliphatic heterocycles. The molecule has 9 nitrogen and oxygen atoms in total. The minimum Gasteiger partial charge on any atom is -0.494 e. The van der Waals surface area contributed by atoms with Gasteiger partial charge in [0, 0.05) is 24.4 Å². The second kappa shape index (κ2) is 10.4. The Balaban J connectivity index is 1.58. The van der Waals surface area contributed by atoms with E-state index in [4.69, 9.17) is 19.9 Å². The minimum absolute atomic E-state index is 0.310. The molecule has 1 amide bonds. The maximum Gasteiger partial charge on any atom is 0.413 e. The molecule has 0 spiro atoms. The van der Waals surface area contributed by atoms with Crippen molar-refractivity contribution in [3.8, 4) is 16.9 Å². The second-order valence-electron chi connectivity index (χ2n) is 8.61. The fourth-order valence-electron chi connectivity index (χ4n) is 3.26. The Morgan fingerprint density at radius 3 is 2.70 bits per heavy atom. The van der Waals surface area contributed by atoms with E-state index in [1.165, 1.54) is 0 Å². The van der Waals surface area contributed by atoms with Gasteiger partial charge in [-0.15, -0.1) is 0 Å². The molecule has 1 aromatic carbocycles. The van der Waals surface area contributed by atoms with Gasteiger partial charge < -0.3 is 19.9 Å².